The molecule has 1 fully saturated rings. The summed E-state index contributed by atoms with van der Waals surface area (Å²) in [5.41, 5.74) is 13.8. The molecule has 2 aromatic rings. The molecule has 3 rings (SSSR count). The largest absolute Gasteiger partial charge is 0.364 e. The molecule has 0 aromatic carbocycles. The molecular weight excluding hydrogens is 350 g/mol. The number of aryl methyl sites for hydroxylation is 1. The van der Waals surface area contributed by atoms with Crippen LogP contribution in [0, 0.1) is 6.92 Å². The third kappa shape index (κ3) is 3.94. The van der Waals surface area contributed by atoms with Gasteiger partial charge in [0.05, 0.1) is 11.9 Å². The zero-order chi connectivity index (χ0) is 18.7. The number of hydrogen-bond acceptors (Lipinski definition) is 8. The van der Waals surface area contributed by atoms with Crippen LogP contribution in [-0.2, 0) is 6.42 Å². The lowest BCUT2D eigenvalue weighted by Crippen LogP contribution is -2.42. The van der Waals surface area contributed by atoms with Crippen LogP contribution in [0.4, 0.5) is 16.6 Å². The number of amides is 1. The van der Waals surface area contributed by atoms with Crippen molar-refractivity contribution < 1.29 is 4.79 Å². The van der Waals surface area contributed by atoms with Crippen molar-refractivity contribution in [2.75, 3.05) is 10.6 Å². The van der Waals surface area contributed by atoms with E-state index in [1.807, 2.05) is 6.92 Å². The predicted molar refractivity (Wildman–Crippen MR) is 104 cm³/mol. The molecule has 1 amide bonds. The number of nitrogens with zero attached hydrogens (tertiary/aromatic N) is 3. The average molecular weight is 376 g/mol. The molecule has 0 spiro atoms. The van der Waals surface area contributed by atoms with Crippen LogP contribution >= 0.6 is 11.5 Å². The van der Waals surface area contributed by atoms with Crippen LogP contribution in [0.2, 0.25) is 0 Å². The summed E-state index contributed by atoms with van der Waals surface area (Å²) in [7, 11) is 0. The second kappa shape index (κ2) is 7.96. The van der Waals surface area contributed by atoms with Gasteiger partial charge >= 0.3 is 0 Å². The summed E-state index contributed by atoms with van der Waals surface area (Å²) in [5.74, 6) is 0.296. The van der Waals surface area contributed by atoms with E-state index in [4.69, 9.17) is 11.5 Å². The van der Waals surface area contributed by atoms with Crippen LogP contribution in [0.15, 0.2) is 6.20 Å². The van der Waals surface area contributed by atoms with E-state index in [9.17, 15) is 4.79 Å². The number of carbonyl (C=O) groups excluding carboxylic acids is 1. The molecule has 2 heterocycles. The second-order valence-corrected chi connectivity index (χ2v) is 7.34. The van der Waals surface area contributed by atoms with E-state index >= 15 is 0 Å². The van der Waals surface area contributed by atoms with E-state index < -0.39 is 5.91 Å². The van der Waals surface area contributed by atoms with Gasteiger partial charge in [-0.25, -0.2) is 9.97 Å². The summed E-state index contributed by atoms with van der Waals surface area (Å²) in [6, 6.07) is 0.246. The van der Waals surface area contributed by atoms with Gasteiger partial charge < -0.3 is 22.1 Å². The molecular formula is C17H25N7OS. The van der Waals surface area contributed by atoms with Crippen molar-refractivity contribution in [1.82, 2.24) is 14.3 Å². The van der Waals surface area contributed by atoms with E-state index in [1.165, 1.54) is 17.7 Å². The lowest BCUT2D eigenvalue weighted by molar-refractivity contribution is 0.0996. The highest BCUT2D eigenvalue weighted by Crippen LogP contribution is 2.29. The van der Waals surface area contributed by atoms with Crippen LogP contribution in [0.3, 0.4) is 0 Å². The summed E-state index contributed by atoms with van der Waals surface area (Å²) in [6.45, 7) is 4.02. The fourth-order valence-corrected chi connectivity index (χ4v) is 4.15. The summed E-state index contributed by atoms with van der Waals surface area (Å²) in [5, 5.41) is 7.40. The van der Waals surface area contributed by atoms with Crippen molar-refractivity contribution >= 4 is 34.1 Å². The van der Waals surface area contributed by atoms with Gasteiger partial charge in [0, 0.05) is 17.6 Å². The zero-order valence-electron chi connectivity index (χ0n) is 15.1. The maximum absolute atomic E-state index is 11.8. The highest BCUT2D eigenvalue weighted by atomic mass is 32.1. The van der Waals surface area contributed by atoms with E-state index in [1.54, 1.807) is 0 Å². The predicted octanol–water partition coefficient (Wildman–Crippen LogP) is 2.33. The molecule has 0 bridgehead atoms. The molecule has 1 aliphatic carbocycles. The second-order valence-electron chi connectivity index (χ2n) is 6.57. The van der Waals surface area contributed by atoms with Crippen molar-refractivity contribution in [2.24, 2.45) is 11.5 Å². The molecule has 0 aliphatic heterocycles. The first-order valence-corrected chi connectivity index (χ1v) is 9.68. The molecule has 8 nitrogen and oxygen atoms in total. The van der Waals surface area contributed by atoms with Gasteiger partial charge in [0.15, 0.2) is 11.5 Å². The van der Waals surface area contributed by atoms with Crippen LogP contribution in [0.1, 0.15) is 54.4 Å². The van der Waals surface area contributed by atoms with Crippen LogP contribution in [0.5, 0.6) is 0 Å². The van der Waals surface area contributed by atoms with Crippen molar-refractivity contribution in [2.45, 2.75) is 58.0 Å². The average Bonchev–Trinajstić information content (AvgIpc) is 2.96. The first kappa shape index (κ1) is 18.5. The number of anilines is 3. The van der Waals surface area contributed by atoms with Gasteiger partial charge in [-0.15, -0.1) is 0 Å². The van der Waals surface area contributed by atoms with Crippen LogP contribution in [-0.4, -0.2) is 32.3 Å². The standard InChI is InChI=1S/C17H25N7OS/c1-3-10-9(2)24-26-17(10)23-16-14(15(19)25)20-8-13(22-16)21-12-7-5-4-6-11(12)18/h8,11-12H,3-7,18H2,1-2H3,(H2,19,25)(H2,21,22,23). The topological polar surface area (TPSA) is 132 Å². The highest BCUT2D eigenvalue weighted by molar-refractivity contribution is 7.10. The van der Waals surface area contributed by atoms with E-state index in [0.29, 0.717) is 11.6 Å². The molecule has 2 atom stereocenters. The fourth-order valence-electron chi connectivity index (χ4n) is 3.27. The molecule has 1 aliphatic rings. The Hall–Kier alpha value is -2.26. The van der Waals surface area contributed by atoms with Crippen LogP contribution in [0.25, 0.3) is 0 Å². The normalized spacial score (nSPS) is 20.0. The number of nitrogens with two attached hydrogens (primary N) is 2. The molecule has 1 saturated carbocycles. The molecule has 9 heteroatoms. The van der Waals surface area contributed by atoms with Crippen molar-refractivity contribution in [3.63, 3.8) is 0 Å². The minimum absolute atomic E-state index is 0.0913. The van der Waals surface area contributed by atoms with E-state index in [2.05, 4.69) is 31.9 Å². The number of primary amides is 1. The maximum Gasteiger partial charge on any atom is 0.271 e. The first-order chi connectivity index (χ1) is 12.5. The first-order valence-electron chi connectivity index (χ1n) is 8.90. The molecule has 2 unspecified atom stereocenters. The van der Waals surface area contributed by atoms with Crippen molar-refractivity contribution in [3.8, 4) is 0 Å². The number of aromatic nitrogens is 3. The van der Waals surface area contributed by atoms with Gasteiger partial charge in [-0.2, -0.15) is 4.37 Å². The molecule has 0 saturated heterocycles. The minimum atomic E-state index is -0.625. The van der Waals surface area contributed by atoms with Gasteiger partial charge in [-0.1, -0.05) is 19.8 Å². The number of nitrogens with one attached hydrogen (secondary N) is 2. The van der Waals surface area contributed by atoms with Gasteiger partial charge in [0.2, 0.25) is 0 Å². The quantitative estimate of drug-likeness (QED) is 0.609. The number of hydrogen-bond donors (Lipinski definition) is 4. The Balaban J connectivity index is 1.87. The SMILES string of the molecule is CCc1c(C)nsc1Nc1nc(NC2CCCCC2N)cnc1C(N)=O. The zero-order valence-corrected chi connectivity index (χ0v) is 15.9. The van der Waals surface area contributed by atoms with Gasteiger partial charge in [-0.3, -0.25) is 4.79 Å². The molecule has 2 aromatic heterocycles. The molecule has 140 valence electrons. The molecule has 0 radical (unpaired) electrons. The van der Waals surface area contributed by atoms with Crippen molar-refractivity contribution in [3.05, 3.63) is 23.1 Å². The third-order valence-corrected chi connectivity index (χ3v) is 5.62. The van der Waals surface area contributed by atoms with Crippen molar-refractivity contribution in [1.29, 1.82) is 0 Å². The van der Waals surface area contributed by atoms with Crippen LogP contribution < -0.4 is 22.1 Å². The van der Waals surface area contributed by atoms with Gasteiger partial charge in [0.1, 0.15) is 10.8 Å². The fraction of sp³-hybridized carbons (Fsp3) is 0.529. The third-order valence-electron chi connectivity index (χ3n) is 4.73. The van der Waals surface area contributed by atoms with Gasteiger partial charge in [-0.05, 0) is 37.7 Å². The Bertz CT molecular complexity index is 791. The Morgan fingerprint density at radius 2 is 2.15 bits per heavy atom. The molecule has 6 N–H and O–H groups in total. The van der Waals surface area contributed by atoms with E-state index in [0.717, 1.165) is 48.4 Å². The summed E-state index contributed by atoms with van der Waals surface area (Å²) in [6.07, 6.45) is 6.66. The summed E-state index contributed by atoms with van der Waals surface area (Å²) in [4.78, 5) is 20.5. The summed E-state index contributed by atoms with van der Waals surface area (Å²) < 4.78 is 4.37. The lowest BCUT2D eigenvalue weighted by Gasteiger charge is -2.29. The smallest absolute Gasteiger partial charge is 0.271 e. The number of rotatable bonds is 6. The van der Waals surface area contributed by atoms with Gasteiger partial charge in [0.25, 0.3) is 5.91 Å². The Kier molecular flexibility index (Phi) is 5.67. The van der Waals surface area contributed by atoms with E-state index in [-0.39, 0.29) is 17.8 Å². The minimum Gasteiger partial charge on any atom is -0.364 e. The maximum atomic E-state index is 11.8. The molecule has 26 heavy (non-hydrogen) atoms. The number of carbonyl (C=O) groups is 1. The highest BCUT2D eigenvalue weighted by Gasteiger charge is 2.23. The lowest BCUT2D eigenvalue weighted by atomic mass is 9.91. The Morgan fingerprint density at radius 1 is 1.38 bits per heavy atom. The Morgan fingerprint density at radius 3 is 2.85 bits per heavy atom. The summed E-state index contributed by atoms with van der Waals surface area (Å²) >= 11 is 1.34. The Labute approximate surface area is 157 Å². The monoisotopic (exact) mass is 375 g/mol.